The minimum atomic E-state index is -4.67. The molecule has 0 aromatic carbocycles. The number of rotatable bonds is 0. The Bertz CT molecular complexity index is 99.2. The SMILES string of the molecule is Cl.O=S(=O)(O)O.[MgH2].[Zn]. The molecule has 8 heavy (non-hydrogen) atoms. The molecule has 0 heterocycles. The third-order valence-corrected chi connectivity index (χ3v) is 0. The fraction of sp³-hybridized carbons (Fsp3) is 0. The van der Waals surface area contributed by atoms with E-state index in [0.717, 1.165) is 0 Å². The summed E-state index contributed by atoms with van der Waals surface area (Å²) in [5.74, 6) is 0. The molecule has 0 spiro atoms. The quantitative estimate of drug-likeness (QED) is 0.404. The van der Waals surface area contributed by atoms with Gasteiger partial charge >= 0.3 is 33.5 Å². The standard InChI is InChI=1S/ClH.Mg.H2O4S.Zn.2H/c;;1-5(2,3)4;;;/h1H;;(H2,1,2,3,4);;;. The van der Waals surface area contributed by atoms with Crippen LogP contribution in [0.1, 0.15) is 0 Å². The smallest absolute Gasteiger partial charge is 0.264 e. The van der Waals surface area contributed by atoms with Crippen LogP contribution in [0.4, 0.5) is 0 Å². The van der Waals surface area contributed by atoms with Crippen LogP contribution in [0.3, 0.4) is 0 Å². The van der Waals surface area contributed by atoms with Crippen LogP contribution in [0.5, 0.6) is 0 Å². The summed E-state index contributed by atoms with van der Waals surface area (Å²) in [7, 11) is -4.67. The van der Waals surface area contributed by atoms with Crippen molar-refractivity contribution in [3.8, 4) is 0 Å². The van der Waals surface area contributed by atoms with E-state index in [4.69, 9.17) is 17.5 Å². The molecule has 0 aliphatic carbocycles. The third-order valence-electron chi connectivity index (χ3n) is 0. The van der Waals surface area contributed by atoms with Gasteiger partial charge in [-0.3, -0.25) is 9.11 Å². The fourth-order valence-corrected chi connectivity index (χ4v) is 0. The molecule has 0 atom stereocenters. The van der Waals surface area contributed by atoms with Crippen molar-refractivity contribution in [1.82, 2.24) is 0 Å². The molecule has 0 aliphatic heterocycles. The molecule has 0 saturated carbocycles. The average Bonchev–Trinajstić information content (AvgIpc) is 0.722. The number of hydrogen-bond acceptors (Lipinski definition) is 2. The van der Waals surface area contributed by atoms with Crippen molar-refractivity contribution in [3.63, 3.8) is 0 Å². The monoisotopic (exact) mass is 224 g/mol. The molecule has 0 aromatic rings. The maximum Gasteiger partial charge on any atom is 0.394 e. The molecule has 8 heteroatoms. The molecule has 0 saturated heterocycles. The van der Waals surface area contributed by atoms with E-state index >= 15 is 0 Å². The van der Waals surface area contributed by atoms with Gasteiger partial charge in [-0.1, -0.05) is 0 Å². The molecular weight excluding hydrogens is 221 g/mol. The van der Waals surface area contributed by atoms with Gasteiger partial charge in [0.1, 0.15) is 0 Å². The second-order valence-corrected chi connectivity index (χ2v) is 1.34. The van der Waals surface area contributed by atoms with Crippen LogP contribution < -0.4 is 0 Å². The zero-order valence-corrected chi connectivity index (χ0v) is 7.83. The van der Waals surface area contributed by atoms with Gasteiger partial charge in [0, 0.05) is 19.5 Å². The Kier molecular flexibility index (Phi) is 24.2. The molecule has 0 aliphatic rings. The van der Waals surface area contributed by atoms with Crippen LogP contribution in [0.2, 0.25) is 0 Å². The van der Waals surface area contributed by atoms with Gasteiger partial charge in [-0.15, -0.1) is 12.4 Å². The van der Waals surface area contributed by atoms with Gasteiger partial charge in [-0.05, 0) is 0 Å². The van der Waals surface area contributed by atoms with E-state index in [9.17, 15) is 0 Å². The van der Waals surface area contributed by atoms with Crippen molar-refractivity contribution in [1.29, 1.82) is 0 Å². The van der Waals surface area contributed by atoms with E-state index in [1.165, 1.54) is 0 Å². The Morgan fingerprint density at radius 1 is 1.12 bits per heavy atom. The second kappa shape index (κ2) is 8.55. The maximum atomic E-state index is 8.74. The summed E-state index contributed by atoms with van der Waals surface area (Å²) >= 11 is 0. The summed E-state index contributed by atoms with van der Waals surface area (Å²) in [6.07, 6.45) is 0. The first-order chi connectivity index (χ1) is 2.00. The predicted molar refractivity (Wildman–Crippen MR) is 30.0 cm³/mol. The van der Waals surface area contributed by atoms with Crippen molar-refractivity contribution >= 4 is 45.9 Å². The van der Waals surface area contributed by atoms with Crippen LogP contribution >= 0.6 is 12.4 Å². The topological polar surface area (TPSA) is 74.6 Å². The van der Waals surface area contributed by atoms with Crippen molar-refractivity contribution in [2.45, 2.75) is 0 Å². The zero-order valence-electron chi connectivity index (χ0n) is 3.23. The van der Waals surface area contributed by atoms with Crippen LogP contribution in [0, 0.1) is 0 Å². The minimum Gasteiger partial charge on any atom is -0.264 e. The summed E-state index contributed by atoms with van der Waals surface area (Å²) < 4.78 is 31.6. The molecule has 0 aromatic heterocycles. The Hall–Kier alpha value is 1.55. The fourth-order valence-electron chi connectivity index (χ4n) is 0. The summed E-state index contributed by atoms with van der Waals surface area (Å²) in [5.41, 5.74) is 0. The molecule has 0 unspecified atom stereocenters. The molecule has 0 rings (SSSR count). The first kappa shape index (κ1) is 22.7. The van der Waals surface area contributed by atoms with Crippen molar-refractivity contribution in [3.05, 3.63) is 0 Å². The average molecular weight is 226 g/mol. The third kappa shape index (κ3) is 135. The van der Waals surface area contributed by atoms with Crippen LogP contribution in [0.25, 0.3) is 0 Å². The van der Waals surface area contributed by atoms with Crippen molar-refractivity contribution in [2.75, 3.05) is 0 Å². The van der Waals surface area contributed by atoms with Gasteiger partial charge < -0.3 is 0 Å². The Labute approximate surface area is 82.3 Å². The van der Waals surface area contributed by atoms with Crippen LogP contribution in [-0.2, 0) is 29.9 Å². The van der Waals surface area contributed by atoms with E-state index in [-0.39, 0.29) is 54.9 Å². The normalized spacial score (nSPS) is 7.25. The van der Waals surface area contributed by atoms with E-state index in [2.05, 4.69) is 0 Å². The number of halogens is 1. The summed E-state index contributed by atoms with van der Waals surface area (Å²) in [5, 5.41) is 0. The second-order valence-electron chi connectivity index (χ2n) is 0.448. The molecule has 46 valence electrons. The van der Waals surface area contributed by atoms with Crippen LogP contribution in [-0.4, -0.2) is 40.6 Å². The van der Waals surface area contributed by atoms with Gasteiger partial charge in [-0.25, -0.2) is 0 Å². The summed E-state index contributed by atoms with van der Waals surface area (Å²) in [6, 6.07) is 0. The van der Waals surface area contributed by atoms with E-state index < -0.39 is 10.4 Å². The Morgan fingerprint density at radius 2 is 1.12 bits per heavy atom. The molecule has 4 nitrogen and oxygen atoms in total. The largest absolute Gasteiger partial charge is 0.394 e. The number of hydrogen-bond donors (Lipinski definition) is 2. The van der Waals surface area contributed by atoms with Gasteiger partial charge in [0.15, 0.2) is 0 Å². The van der Waals surface area contributed by atoms with Gasteiger partial charge in [0.2, 0.25) is 0 Å². The maximum absolute atomic E-state index is 8.74. The first-order valence-electron chi connectivity index (χ1n) is 0.698. The van der Waals surface area contributed by atoms with Gasteiger partial charge in [0.25, 0.3) is 0 Å². The molecular formula is H5ClMgO4SZn. The van der Waals surface area contributed by atoms with E-state index in [1.807, 2.05) is 0 Å². The van der Waals surface area contributed by atoms with Crippen LogP contribution in [0.15, 0.2) is 0 Å². The Morgan fingerprint density at radius 3 is 1.12 bits per heavy atom. The molecule has 0 fully saturated rings. The molecule has 2 N–H and O–H groups in total. The summed E-state index contributed by atoms with van der Waals surface area (Å²) in [6.45, 7) is 0. The molecule has 0 amide bonds. The van der Waals surface area contributed by atoms with Gasteiger partial charge in [0.05, 0.1) is 0 Å². The van der Waals surface area contributed by atoms with E-state index in [1.54, 1.807) is 0 Å². The molecule has 0 radical (unpaired) electrons. The first-order valence-corrected chi connectivity index (χ1v) is 2.10. The predicted octanol–water partition coefficient (Wildman–Crippen LogP) is -1.15. The van der Waals surface area contributed by atoms with Crippen molar-refractivity contribution in [2.24, 2.45) is 0 Å². The Balaban J connectivity index is -0.0000000267. The zero-order chi connectivity index (χ0) is 4.50. The minimum absolute atomic E-state index is 0. The van der Waals surface area contributed by atoms with Gasteiger partial charge in [-0.2, -0.15) is 8.42 Å². The summed E-state index contributed by atoms with van der Waals surface area (Å²) in [4.78, 5) is 0. The van der Waals surface area contributed by atoms with E-state index in [0.29, 0.717) is 0 Å². The molecule has 0 bridgehead atoms. The van der Waals surface area contributed by atoms with Crippen molar-refractivity contribution < 1.29 is 37.0 Å².